The van der Waals surface area contributed by atoms with Crippen LogP contribution < -0.4 is 10.1 Å². The Kier molecular flexibility index (Phi) is 5.32. The van der Waals surface area contributed by atoms with Crippen LogP contribution in [-0.2, 0) is 11.8 Å². The zero-order chi connectivity index (χ0) is 17.0. The lowest BCUT2D eigenvalue weighted by Crippen LogP contribution is -2.48. The molecule has 0 saturated carbocycles. The molecule has 4 nitrogen and oxygen atoms in total. The third-order valence-electron chi connectivity index (χ3n) is 5.89. The second kappa shape index (κ2) is 7.45. The maximum Gasteiger partial charge on any atom is 0.317 e. The molecule has 0 radical (unpaired) electrons. The number of likely N-dealkylation sites (tertiary alicyclic amines) is 1. The largest absolute Gasteiger partial charge is 0.497 e. The SMILES string of the molecule is CCC1(CNC(=O)N2CCCCC2)CCCc2ccc(OC)cc21. The molecule has 3 rings (SSSR count). The minimum Gasteiger partial charge on any atom is -0.497 e. The molecule has 0 bridgehead atoms. The number of rotatable bonds is 4. The molecule has 1 aromatic rings. The maximum absolute atomic E-state index is 12.5. The van der Waals surface area contributed by atoms with Crippen molar-refractivity contribution in [3.05, 3.63) is 29.3 Å². The van der Waals surface area contributed by atoms with Gasteiger partial charge in [-0.15, -0.1) is 0 Å². The van der Waals surface area contributed by atoms with Gasteiger partial charge in [0.25, 0.3) is 0 Å². The molecule has 1 aliphatic heterocycles. The number of nitrogens with zero attached hydrogens (tertiary/aromatic N) is 1. The molecule has 1 N–H and O–H groups in total. The number of methoxy groups -OCH3 is 1. The van der Waals surface area contributed by atoms with E-state index in [1.54, 1.807) is 7.11 Å². The van der Waals surface area contributed by atoms with Crippen LogP contribution in [0, 0.1) is 0 Å². The Balaban J connectivity index is 1.76. The van der Waals surface area contributed by atoms with E-state index in [9.17, 15) is 4.79 Å². The Bertz CT molecular complexity index is 581. The molecule has 1 saturated heterocycles. The highest BCUT2D eigenvalue weighted by atomic mass is 16.5. The van der Waals surface area contributed by atoms with Gasteiger partial charge in [0, 0.05) is 25.0 Å². The number of benzene rings is 1. The number of fused-ring (bicyclic) bond motifs is 1. The van der Waals surface area contributed by atoms with E-state index in [2.05, 4.69) is 30.4 Å². The third kappa shape index (κ3) is 3.38. The number of piperidine rings is 1. The summed E-state index contributed by atoms with van der Waals surface area (Å²) in [5.41, 5.74) is 2.82. The number of urea groups is 1. The highest BCUT2D eigenvalue weighted by molar-refractivity contribution is 5.74. The van der Waals surface area contributed by atoms with E-state index >= 15 is 0 Å². The molecule has 0 aromatic heterocycles. The van der Waals surface area contributed by atoms with Crippen LogP contribution in [0.3, 0.4) is 0 Å². The first-order valence-electron chi connectivity index (χ1n) is 9.39. The summed E-state index contributed by atoms with van der Waals surface area (Å²) < 4.78 is 5.44. The highest BCUT2D eigenvalue weighted by Crippen LogP contribution is 2.41. The molecular weight excluding hydrogens is 300 g/mol. The number of carbonyl (C=O) groups is 1. The molecule has 1 fully saturated rings. The van der Waals surface area contributed by atoms with Gasteiger partial charge in [0.1, 0.15) is 5.75 Å². The molecule has 1 aromatic carbocycles. The average Bonchev–Trinajstić information content (AvgIpc) is 2.66. The molecular formula is C20H30N2O2. The molecule has 2 aliphatic rings. The number of nitrogens with one attached hydrogen (secondary N) is 1. The number of ether oxygens (including phenoxy) is 1. The first kappa shape index (κ1) is 17.1. The monoisotopic (exact) mass is 330 g/mol. The third-order valence-corrected chi connectivity index (χ3v) is 5.89. The Morgan fingerprint density at radius 1 is 1.25 bits per heavy atom. The summed E-state index contributed by atoms with van der Waals surface area (Å²) in [6, 6.07) is 6.55. The van der Waals surface area contributed by atoms with Gasteiger partial charge in [0.05, 0.1) is 7.11 Å². The van der Waals surface area contributed by atoms with Crippen molar-refractivity contribution in [1.82, 2.24) is 10.2 Å². The highest BCUT2D eigenvalue weighted by Gasteiger charge is 2.36. The molecule has 1 aliphatic carbocycles. The number of hydrogen-bond acceptors (Lipinski definition) is 2. The van der Waals surface area contributed by atoms with Gasteiger partial charge in [0.2, 0.25) is 0 Å². The van der Waals surface area contributed by atoms with Crippen LogP contribution in [-0.4, -0.2) is 37.7 Å². The number of hydrogen-bond donors (Lipinski definition) is 1. The predicted octanol–water partition coefficient (Wildman–Crippen LogP) is 3.87. The Morgan fingerprint density at radius 3 is 2.75 bits per heavy atom. The van der Waals surface area contributed by atoms with Gasteiger partial charge in [-0.1, -0.05) is 13.0 Å². The van der Waals surface area contributed by atoms with Gasteiger partial charge in [0.15, 0.2) is 0 Å². The van der Waals surface area contributed by atoms with Gasteiger partial charge in [-0.2, -0.15) is 0 Å². The fourth-order valence-corrected chi connectivity index (χ4v) is 4.28. The molecule has 24 heavy (non-hydrogen) atoms. The van der Waals surface area contributed by atoms with Gasteiger partial charge in [-0.05, 0) is 68.2 Å². The second-order valence-corrected chi connectivity index (χ2v) is 7.22. The van der Waals surface area contributed by atoms with Crippen molar-refractivity contribution < 1.29 is 9.53 Å². The molecule has 132 valence electrons. The summed E-state index contributed by atoms with van der Waals surface area (Å²) in [4.78, 5) is 14.5. The minimum absolute atomic E-state index is 0.0353. The van der Waals surface area contributed by atoms with Crippen LogP contribution >= 0.6 is 0 Å². The predicted molar refractivity (Wildman–Crippen MR) is 96.7 cm³/mol. The molecule has 1 heterocycles. The maximum atomic E-state index is 12.5. The zero-order valence-electron chi connectivity index (χ0n) is 15.1. The number of carbonyl (C=O) groups excluding carboxylic acids is 1. The molecule has 4 heteroatoms. The fraction of sp³-hybridized carbons (Fsp3) is 0.650. The molecule has 0 spiro atoms. The molecule has 1 unspecified atom stereocenters. The first-order valence-corrected chi connectivity index (χ1v) is 9.39. The smallest absolute Gasteiger partial charge is 0.317 e. The Morgan fingerprint density at radius 2 is 2.04 bits per heavy atom. The minimum atomic E-state index is 0.0353. The van der Waals surface area contributed by atoms with Crippen molar-refractivity contribution >= 4 is 6.03 Å². The normalized spacial score (nSPS) is 23.5. The molecule has 1 atom stereocenters. The average molecular weight is 330 g/mol. The van der Waals surface area contributed by atoms with Crippen molar-refractivity contribution in [3.63, 3.8) is 0 Å². The van der Waals surface area contributed by atoms with Gasteiger partial charge >= 0.3 is 6.03 Å². The lowest BCUT2D eigenvalue weighted by molar-refractivity contribution is 0.181. The van der Waals surface area contributed by atoms with Crippen LogP contribution in [0.15, 0.2) is 18.2 Å². The Labute approximate surface area is 145 Å². The Hall–Kier alpha value is -1.71. The van der Waals surface area contributed by atoms with E-state index in [-0.39, 0.29) is 11.4 Å². The van der Waals surface area contributed by atoms with Crippen LogP contribution in [0.25, 0.3) is 0 Å². The standard InChI is InChI=1S/C20H30N2O2/c1-3-20(15-21-19(23)22-12-5-4-6-13-22)11-7-8-16-9-10-17(24-2)14-18(16)20/h9-10,14H,3-8,11-13,15H2,1-2H3,(H,21,23). The van der Waals surface area contributed by atoms with Crippen LogP contribution in [0.4, 0.5) is 4.79 Å². The van der Waals surface area contributed by atoms with Crippen molar-refractivity contribution in [2.75, 3.05) is 26.7 Å². The van der Waals surface area contributed by atoms with Crippen LogP contribution in [0.1, 0.15) is 56.6 Å². The second-order valence-electron chi connectivity index (χ2n) is 7.22. The van der Waals surface area contributed by atoms with Crippen molar-refractivity contribution in [3.8, 4) is 5.75 Å². The van der Waals surface area contributed by atoms with Gasteiger partial charge in [-0.3, -0.25) is 0 Å². The lowest BCUT2D eigenvalue weighted by atomic mass is 9.68. The van der Waals surface area contributed by atoms with E-state index in [1.807, 2.05) is 4.90 Å². The van der Waals surface area contributed by atoms with E-state index < -0.39 is 0 Å². The summed E-state index contributed by atoms with van der Waals surface area (Å²) in [7, 11) is 1.72. The zero-order valence-corrected chi connectivity index (χ0v) is 15.1. The quantitative estimate of drug-likeness (QED) is 0.910. The van der Waals surface area contributed by atoms with Gasteiger partial charge < -0.3 is 15.0 Å². The van der Waals surface area contributed by atoms with Crippen molar-refractivity contribution in [1.29, 1.82) is 0 Å². The summed E-state index contributed by atoms with van der Waals surface area (Å²) in [6.07, 6.45) is 7.99. The summed E-state index contributed by atoms with van der Waals surface area (Å²) in [5, 5.41) is 3.24. The van der Waals surface area contributed by atoms with Crippen LogP contribution in [0.5, 0.6) is 5.75 Å². The number of aryl methyl sites for hydroxylation is 1. The summed E-state index contributed by atoms with van der Waals surface area (Å²) in [6.45, 7) is 4.76. The topological polar surface area (TPSA) is 41.6 Å². The van der Waals surface area contributed by atoms with Crippen LogP contribution in [0.2, 0.25) is 0 Å². The molecule has 2 amide bonds. The van der Waals surface area contributed by atoms with Crippen molar-refractivity contribution in [2.24, 2.45) is 0 Å². The van der Waals surface area contributed by atoms with E-state index in [1.165, 1.54) is 24.0 Å². The summed E-state index contributed by atoms with van der Waals surface area (Å²) in [5.74, 6) is 0.913. The van der Waals surface area contributed by atoms with E-state index in [0.717, 1.165) is 57.5 Å². The van der Waals surface area contributed by atoms with Gasteiger partial charge in [-0.25, -0.2) is 4.79 Å². The number of amides is 2. The van der Waals surface area contributed by atoms with Crippen molar-refractivity contribution in [2.45, 2.75) is 57.3 Å². The van der Waals surface area contributed by atoms with E-state index in [4.69, 9.17) is 4.74 Å². The van der Waals surface area contributed by atoms with E-state index in [0.29, 0.717) is 0 Å². The fourth-order valence-electron chi connectivity index (χ4n) is 4.28. The summed E-state index contributed by atoms with van der Waals surface area (Å²) >= 11 is 0. The lowest BCUT2D eigenvalue weighted by Gasteiger charge is -2.39. The first-order chi connectivity index (χ1) is 11.7.